The van der Waals surface area contributed by atoms with Crippen molar-refractivity contribution in [1.82, 2.24) is 20.3 Å². The summed E-state index contributed by atoms with van der Waals surface area (Å²) >= 11 is 0. The van der Waals surface area contributed by atoms with Gasteiger partial charge in [0.15, 0.2) is 0 Å². The molecule has 7 nitrogen and oxygen atoms in total. The second-order valence-electron chi connectivity index (χ2n) is 4.83. The molecule has 0 atom stereocenters. The summed E-state index contributed by atoms with van der Waals surface area (Å²) in [7, 11) is 0. The minimum Gasteiger partial charge on any atom is -0.376 e. The van der Waals surface area contributed by atoms with Crippen LogP contribution in [0.4, 0.5) is 0 Å². The van der Waals surface area contributed by atoms with Crippen LogP contribution in [0.2, 0.25) is 0 Å². The Bertz CT molecular complexity index is 468. The molecule has 20 heavy (non-hydrogen) atoms. The van der Waals surface area contributed by atoms with E-state index in [0.29, 0.717) is 38.5 Å². The summed E-state index contributed by atoms with van der Waals surface area (Å²) in [6, 6.07) is 0. The summed E-state index contributed by atoms with van der Waals surface area (Å²) in [5.74, 6) is -0.111. The average molecular weight is 280 g/mol. The molecule has 1 aliphatic rings. The Morgan fingerprint density at radius 3 is 3.10 bits per heavy atom. The number of carbonyl (C=O) groups excluding carboxylic acids is 1. The van der Waals surface area contributed by atoms with E-state index in [1.165, 1.54) is 0 Å². The lowest BCUT2D eigenvalue weighted by molar-refractivity contribution is -0.135. The zero-order valence-corrected chi connectivity index (χ0v) is 11.7. The maximum absolute atomic E-state index is 11.3. The van der Waals surface area contributed by atoms with Gasteiger partial charge in [-0.2, -0.15) is 0 Å². The topological polar surface area (TPSA) is 78.3 Å². The van der Waals surface area contributed by atoms with Gasteiger partial charge < -0.3 is 14.8 Å². The van der Waals surface area contributed by atoms with Gasteiger partial charge in [0.2, 0.25) is 5.91 Å². The van der Waals surface area contributed by atoms with Crippen molar-refractivity contribution in [2.75, 3.05) is 19.8 Å². The first-order chi connectivity index (χ1) is 9.65. The smallest absolute Gasteiger partial charge is 0.246 e. The zero-order valence-electron chi connectivity index (χ0n) is 11.7. The van der Waals surface area contributed by atoms with Gasteiger partial charge in [-0.3, -0.25) is 9.48 Å². The molecule has 1 saturated heterocycles. The van der Waals surface area contributed by atoms with Gasteiger partial charge in [-0.1, -0.05) is 11.8 Å². The number of nitrogens with zero attached hydrogens (tertiary/aromatic N) is 3. The molecule has 0 aromatic carbocycles. The molecular weight excluding hydrogens is 260 g/mol. The van der Waals surface area contributed by atoms with E-state index in [4.69, 9.17) is 9.47 Å². The van der Waals surface area contributed by atoms with E-state index in [2.05, 4.69) is 22.2 Å². The van der Waals surface area contributed by atoms with Crippen LogP contribution in [0.25, 0.3) is 0 Å². The van der Waals surface area contributed by atoms with Crippen LogP contribution >= 0.6 is 0 Å². The summed E-state index contributed by atoms with van der Waals surface area (Å²) < 4.78 is 12.3. The Balaban J connectivity index is 1.62. The molecule has 7 heteroatoms. The molecule has 2 heterocycles. The molecule has 1 aromatic heterocycles. The molecule has 0 unspecified atom stereocenters. The highest BCUT2D eigenvalue weighted by Gasteiger charge is 2.19. The Labute approximate surface area is 117 Å². The quantitative estimate of drug-likeness (QED) is 0.546. The van der Waals surface area contributed by atoms with Crippen molar-refractivity contribution in [3.8, 4) is 0 Å². The lowest BCUT2D eigenvalue weighted by atomic mass is 10.3. The molecule has 0 saturated carbocycles. The van der Waals surface area contributed by atoms with Gasteiger partial charge in [-0.05, 0) is 13.3 Å². The molecular formula is C13H20N4O3. The third kappa shape index (κ3) is 4.43. The lowest BCUT2D eigenvalue weighted by Gasteiger charge is -2.25. The van der Waals surface area contributed by atoms with Gasteiger partial charge in [-0.15, -0.1) is 5.10 Å². The van der Waals surface area contributed by atoms with Crippen LogP contribution in [0.1, 0.15) is 19.0 Å². The molecule has 110 valence electrons. The van der Waals surface area contributed by atoms with E-state index in [0.717, 1.165) is 12.1 Å². The summed E-state index contributed by atoms with van der Waals surface area (Å²) in [6.07, 6.45) is 2.84. The van der Waals surface area contributed by atoms with Gasteiger partial charge >= 0.3 is 0 Å². The van der Waals surface area contributed by atoms with Gasteiger partial charge in [0.25, 0.3) is 0 Å². The van der Waals surface area contributed by atoms with Crippen LogP contribution in [0.5, 0.6) is 0 Å². The van der Waals surface area contributed by atoms with Crippen molar-refractivity contribution in [2.24, 2.45) is 0 Å². The average Bonchev–Trinajstić information content (AvgIpc) is 2.80. The van der Waals surface area contributed by atoms with Crippen molar-refractivity contribution in [2.45, 2.75) is 32.6 Å². The lowest BCUT2D eigenvalue weighted by Crippen LogP contribution is -2.35. The highest BCUT2D eigenvalue weighted by Crippen LogP contribution is 2.08. The van der Waals surface area contributed by atoms with Gasteiger partial charge in [0, 0.05) is 18.7 Å². The third-order valence-electron chi connectivity index (χ3n) is 2.90. The highest BCUT2D eigenvalue weighted by molar-refractivity contribution is 5.91. The fraction of sp³-hybridized carbons (Fsp3) is 0.615. The molecule has 1 aromatic rings. The van der Waals surface area contributed by atoms with Crippen molar-refractivity contribution < 1.29 is 14.3 Å². The first-order valence-corrected chi connectivity index (χ1v) is 6.67. The van der Waals surface area contributed by atoms with Crippen molar-refractivity contribution in [3.05, 3.63) is 24.0 Å². The standard InChI is InChI=1S/C13H20N4O3/c1-10(2)13(18)14-4-3-5-17-6-11(15-16-17)7-20-12-8-19-9-12/h6,12H,1,3-5,7-9H2,2H3,(H,14,18). The minimum absolute atomic E-state index is 0.111. The zero-order chi connectivity index (χ0) is 14.4. The fourth-order valence-electron chi connectivity index (χ4n) is 1.62. The van der Waals surface area contributed by atoms with Crippen LogP contribution < -0.4 is 5.32 Å². The van der Waals surface area contributed by atoms with E-state index in [-0.39, 0.29) is 12.0 Å². The molecule has 0 radical (unpaired) electrons. The number of aryl methyl sites for hydroxylation is 1. The summed E-state index contributed by atoms with van der Waals surface area (Å²) in [5, 5.41) is 10.8. The normalized spacial score (nSPS) is 14.8. The van der Waals surface area contributed by atoms with Crippen LogP contribution in [0.15, 0.2) is 18.3 Å². The first kappa shape index (κ1) is 14.7. The second kappa shape index (κ2) is 7.16. The van der Waals surface area contributed by atoms with Crippen molar-refractivity contribution in [3.63, 3.8) is 0 Å². The predicted molar refractivity (Wildman–Crippen MR) is 71.9 cm³/mol. The Kier molecular flexibility index (Phi) is 5.25. The maximum atomic E-state index is 11.3. The fourth-order valence-corrected chi connectivity index (χ4v) is 1.62. The van der Waals surface area contributed by atoms with Gasteiger partial charge in [-0.25, -0.2) is 0 Å². The Morgan fingerprint density at radius 2 is 2.45 bits per heavy atom. The molecule has 0 aliphatic carbocycles. The summed E-state index contributed by atoms with van der Waals surface area (Å²) in [4.78, 5) is 11.3. The number of rotatable bonds is 8. The molecule has 0 spiro atoms. The van der Waals surface area contributed by atoms with Crippen LogP contribution in [0, 0.1) is 0 Å². The molecule has 1 amide bonds. The number of aromatic nitrogens is 3. The first-order valence-electron chi connectivity index (χ1n) is 6.67. The summed E-state index contributed by atoms with van der Waals surface area (Å²) in [6.45, 7) is 8.35. The van der Waals surface area contributed by atoms with Crippen LogP contribution in [0.3, 0.4) is 0 Å². The molecule has 2 rings (SSSR count). The van der Waals surface area contributed by atoms with Gasteiger partial charge in [0.05, 0.1) is 26.0 Å². The molecule has 0 bridgehead atoms. The number of hydrogen-bond acceptors (Lipinski definition) is 5. The molecule has 1 N–H and O–H groups in total. The number of ether oxygens (including phenoxy) is 2. The third-order valence-corrected chi connectivity index (χ3v) is 2.90. The Morgan fingerprint density at radius 1 is 1.65 bits per heavy atom. The van der Waals surface area contributed by atoms with E-state index in [1.807, 2.05) is 6.20 Å². The second-order valence-corrected chi connectivity index (χ2v) is 4.83. The largest absolute Gasteiger partial charge is 0.376 e. The Hall–Kier alpha value is -1.73. The molecule has 1 aliphatic heterocycles. The van der Waals surface area contributed by atoms with Gasteiger partial charge in [0.1, 0.15) is 11.8 Å². The predicted octanol–water partition coefficient (Wildman–Crippen LogP) is 0.276. The minimum atomic E-state index is -0.111. The monoisotopic (exact) mass is 280 g/mol. The van der Waals surface area contributed by atoms with Crippen LogP contribution in [-0.2, 0) is 27.4 Å². The van der Waals surface area contributed by atoms with E-state index < -0.39 is 0 Å². The maximum Gasteiger partial charge on any atom is 0.246 e. The van der Waals surface area contributed by atoms with Crippen molar-refractivity contribution in [1.29, 1.82) is 0 Å². The van der Waals surface area contributed by atoms with Crippen molar-refractivity contribution >= 4 is 5.91 Å². The number of hydrogen-bond donors (Lipinski definition) is 1. The van der Waals surface area contributed by atoms with E-state index >= 15 is 0 Å². The number of carbonyl (C=O) groups is 1. The molecule has 1 fully saturated rings. The van der Waals surface area contributed by atoms with Crippen LogP contribution in [-0.4, -0.2) is 46.8 Å². The highest BCUT2D eigenvalue weighted by atomic mass is 16.6. The number of nitrogens with one attached hydrogen (secondary N) is 1. The SMILES string of the molecule is C=C(C)C(=O)NCCCn1cc(COC2COC2)nn1. The summed E-state index contributed by atoms with van der Waals surface area (Å²) in [5.41, 5.74) is 1.33. The van der Waals surface area contributed by atoms with E-state index in [1.54, 1.807) is 11.6 Å². The van der Waals surface area contributed by atoms with E-state index in [9.17, 15) is 4.79 Å². The number of amides is 1.